The summed E-state index contributed by atoms with van der Waals surface area (Å²) in [6, 6.07) is 5.99. The van der Waals surface area contributed by atoms with Crippen LogP contribution in [-0.4, -0.2) is 11.7 Å². The minimum atomic E-state index is 0.458. The molecule has 0 aromatic heterocycles. The summed E-state index contributed by atoms with van der Waals surface area (Å²) in [4.78, 5) is 0. The largest absolute Gasteiger partial charge is 0.507 e. The number of phenolic OH excluding ortho intramolecular Hbond substituents is 1. The van der Waals surface area contributed by atoms with Gasteiger partial charge in [0.05, 0.1) is 0 Å². The summed E-state index contributed by atoms with van der Waals surface area (Å²) in [7, 11) is 0. The van der Waals surface area contributed by atoms with Gasteiger partial charge in [-0.2, -0.15) is 0 Å². The molecule has 0 heterocycles. The molecule has 0 atom stereocenters. The number of hydrogen-bond acceptors (Lipinski definition) is 2. The Labute approximate surface area is 109 Å². The number of benzene rings is 1. The normalized spacial score (nSPS) is 19.4. The number of para-hydroxylation sites is 1. The lowest BCUT2D eigenvalue weighted by Gasteiger charge is -2.16. The molecular formula is C16H23NO. The summed E-state index contributed by atoms with van der Waals surface area (Å²) in [6.07, 6.45) is 5.77. The molecule has 1 aromatic carbocycles. The van der Waals surface area contributed by atoms with Gasteiger partial charge in [0.15, 0.2) is 0 Å². The second-order valence-corrected chi connectivity index (χ2v) is 6.05. The highest BCUT2D eigenvalue weighted by molar-refractivity contribution is 5.39. The number of hydrogen-bond donors (Lipinski definition) is 2. The van der Waals surface area contributed by atoms with Crippen molar-refractivity contribution in [1.29, 1.82) is 0 Å². The van der Waals surface area contributed by atoms with Gasteiger partial charge in [-0.15, -0.1) is 0 Å². The van der Waals surface area contributed by atoms with Gasteiger partial charge >= 0.3 is 0 Å². The van der Waals surface area contributed by atoms with Gasteiger partial charge in [-0.25, -0.2) is 0 Å². The molecule has 0 saturated heterocycles. The van der Waals surface area contributed by atoms with Crippen LogP contribution in [0.4, 0.5) is 0 Å². The van der Waals surface area contributed by atoms with Gasteiger partial charge in [0.1, 0.15) is 5.75 Å². The topological polar surface area (TPSA) is 32.3 Å². The monoisotopic (exact) mass is 245 g/mol. The average Bonchev–Trinajstić information content (AvgIpc) is 3.23. The van der Waals surface area contributed by atoms with Crippen LogP contribution in [0, 0.1) is 24.7 Å². The van der Waals surface area contributed by atoms with Crippen LogP contribution < -0.4 is 5.32 Å². The molecule has 0 spiro atoms. The third-order valence-electron chi connectivity index (χ3n) is 4.47. The van der Waals surface area contributed by atoms with Gasteiger partial charge in [-0.05, 0) is 62.5 Å². The molecule has 0 bridgehead atoms. The standard InChI is InChI=1S/C16H23NO/c1-11-3-2-4-14(16(11)18)9-17-10-15(12-5-6-12)13-7-8-13/h2-4,12-13,15,17-18H,5-10H2,1H3. The van der Waals surface area contributed by atoms with Gasteiger partial charge < -0.3 is 10.4 Å². The van der Waals surface area contributed by atoms with E-state index in [4.69, 9.17) is 0 Å². The van der Waals surface area contributed by atoms with Crippen molar-refractivity contribution in [2.24, 2.45) is 17.8 Å². The second kappa shape index (κ2) is 4.93. The number of aromatic hydroxyl groups is 1. The zero-order valence-corrected chi connectivity index (χ0v) is 11.2. The number of aryl methyl sites for hydroxylation is 1. The van der Waals surface area contributed by atoms with E-state index in [-0.39, 0.29) is 0 Å². The molecule has 2 aliphatic rings. The van der Waals surface area contributed by atoms with Crippen LogP contribution in [0.25, 0.3) is 0 Å². The van der Waals surface area contributed by atoms with Gasteiger partial charge in [-0.1, -0.05) is 18.2 Å². The highest BCUT2D eigenvalue weighted by atomic mass is 16.3. The van der Waals surface area contributed by atoms with Crippen molar-refractivity contribution < 1.29 is 5.11 Å². The van der Waals surface area contributed by atoms with Gasteiger partial charge in [0.25, 0.3) is 0 Å². The maximum Gasteiger partial charge on any atom is 0.122 e. The molecule has 1 aromatic rings. The van der Waals surface area contributed by atoms with E-state index in [9.17, 15) is 5.11 Å². The zero-order chi connectivity index (χ0) is 12.5. The van der Waals surface area contributed by atoms with Gasteiger partial charge in [0, 0.05) is 12.1 Å². The van der Waals surface area contributed by atoms with Crippen LogP contribution >= 0.6 is 0 Å². The molecule has 18 heavy (non-hydrogen) atoms. The van der Waals surface area contributed by atoms with Crippen LogP contribution in [0.15, 0.2) is 18.2 Å². The first-order chi connectivity index (χ1) is 8.75. The van der Waals surface area contributed by atoms with Gasteiger partial charge in [0.2, 0.25) is 0 Å². The van der Waals surface area contributed by atoms with Crippen molar-refractivity contribution in [1.82, 2.24) is 5.32 Å². The summed E-state index contributed by atoms with van der Waals surface area (Å²) in [5, 5.41) is 13.5. The number of nitrogens with one attached hydrogen (secondary N) is 1. The van der Waals surface area contributed by atoms with Crippen LogP contribution in [0.5, 0.6) is 5.75 Å². The Kier molecular flexibility index (Phi) is 3.29. The van der Waals surface area contributed by atoms with Crippen LogP contribution in [0.3, 0.4) is 0 Å². The molecule has 2 N–H and O–H groups in total. The Hall–Kier alpha value is -1.02. The molecule has 2 saturated carbocycles. The van der Waals surface area contributed by atoms with Crippen molar-refractivity contribution in [2.45, 2.75) is 39.2 Å². The average molecular weight is 245 g/mol. The van der Waals surface area contributed by atoms with Crippen molar-refractivity contribution >= 4 is 0 Å². The Morgan fingerprint density at radius 3 is 2.50 bits per heavy atom. The van der Waals surface area contributed by atoms with Crippen molar-refractivity contribution in [3.63, 3.8) is 0 Å². The predicted octanol–water partition coefficient (Wildman–Crippen LogP) is 3.23. The Bertz CT molecular complexity index is 409. The molecule has 3 rings (SSSR count). The van der Waals surface area contributed by atoms with E-state index in [1.807, 2.05) is 25.1 Å². The smallest absolute Gasteiger partial charge is 0.122 e. The fourth-order valence-electron chi connectivity index (χ4n) is 3.00. The van der Waals surface area contributed by atoms with Crippen molar-refractivity contribution in [2.75, 3.05) is 6.54 Å². The summed E-state index contributed by atoms with van der Waals surface area (Å²) in [5.74, 6) is 3.35. The first-order valence-corrected chi connectivity index (χ1v) is 7.24. The molecule has 0 radical (unpaired) electrons. The minimum absolute atomic E-state index is 0.458. The highest BCUT2D eigenvalue weighted by Crippen LogP contribution is 2.48. The van der Waals surface area contributed by atoms with E-state index < -0.39 is 0 Å². The fourth-order valence-corrected chi connectivity index (χ4v) is 3.00. The van der Waals surface area contributed by atoms with E-state index in [1.165, 1.54) is 25.7 Å². The maximum absolute atomic E-state index is 9.97. The van der Waals surface area contributed by atoms with E-state index >= 15 is 0 Å². The molecule has 98 valence electrons. The summed E-state index contributed by atoms with van der Waals surface area (Å²) >= 11 is 0. The van der Waals surface area contributed by atoms with E-state index in [2.05, 4.69) is 5.32 Å². The summed E-state index contributed by atoms with van der Waals surface area (Å²) < 4.78 is 0. The Balaban J connectivity index is 1.52. The van der Waals surface area contributed by atoms with Crippen molar-refractivity contribution in [3.8, 4) is 5.75 Å². The number of phenols is 1. The Morgan fingerprint density at radius 1 is 1.22 bits per heavy atom. The first kappa shape index (κ1) is 12.0. The van der Waals surface area contributed by atoms with Crippen molar-refractivity contribution in [3.05, 3.63) is 29.3 Å². The van der Waals surface area contributed by atoms with Crippen LogP contribution in [0.2, 0.25) is 0 Å². The molecular weight excluding hydrogens is 222 g/mol. The lowest BCUT2D eigenvalue weighted by molar-refractivity contribution is 0.376. The Morgan fingerprint density at radius 2 is 1.89 bits per heavy atom. The van der Waals surface area contributed by atoms with E-state index in [1.54, 1.807) is 0 Å². The molecule has 2 nitrogen and oxygen atoms in total. The highest BCUT2D eigenvalue weighted by Gasteiger charge is 2.40. The van der Waals surface area contributed by atoms with Gasteiger partial charge in [-0.3, -0.25) is 0 Å². The predicted molar refractivity (Wildman–Crippen MR) is 73.5 cm³/mol. The fraction of sp³-hybridized carbons (Fsp3) is 0.625. The third kappa shape index (κ3) is 2.69. The third-order valence-corrected chi connectivity index (χ3v) is 4.47. The molecule has 2 heteroatoms. The second-order valence-electron chi connectivity index (χ2n) is 6.05. The van der Waals surface area contributed by atoms with E-state index in [0.717, 1.165) is 42.0 Å². The molecule has 0 unspecified atom stereocenters. The summed E-state index contributed by atoms with van der Waals surface area (Å²) in [6.45, 7) is 3.88. The van der Waals surface area contributed by atoms with Crippen LogP contribution in [0.1, 0.15) is 36.8 Å². The minimum Gasteiger partial charge on any atom is -0.507 e. The SMILES string of the molecule is Cc1cccc(CNCC(C2CC2)C2CC2)c1O. The number of rotatable bonds is 6. The van der Waals surface area contributed by atoms with Crippen LogP contribution in [-0.2, 0) is 6.54 Å². The molecule has 0 aliphatic heterocycles. The molecule has 2 fully saturated rings. The van der Waals surface area contributed by atoms with E-state index in [0.29, 0.717) is 5.75 Å². The summed E-state index contributed by atoms with van der Waals surface area (Å²) in [5.41, 5.74) is 2.00. The molecule has 0 amide bonds. The first-order valence-electron chi connectivity index (χ1n) is 7.24. The lowest BCUT2D eigenvalue weighted by atomic mass is 9.98. The lowest BCUT2D eigenvalue weighted by Crippen LogP contribution is -2.25. The quantitative estimate of drug-likeness (QED) is 0.806. The maximum atomic E-state index is 9.97. The molecule has 2 aliphatic carbocycles. The zero-order valence-electron chi connectivity index (χ0n) is 11.2.